The Morgan fingerprint density at radius 1 is 0.806 bits per heavy atom. The molecule has 5 heterocycles. The van der Waals surface area contributed by atoms with Gasteiger partial charge in [0.25, 0.3) is 0 Å². The van der Waals surface area contributed by atoms with Gasteiger partial charge in [-0.25, -0.2) is 15.0 Å². The number of Topliss-reactive ketones (excluding diaryl/α,β-unsaturated/α-hetero) is 1. The summed E-state index contributed by atoms with van der Waals surface area (Å²) in [7, 11) is 0. The van der Waals surface area contributed by atoms with E-state index in [1.54, 1.807) is 6.92 Å². The first-order valence-corrected chi connectivity index (χ1v) is 24.3. The van der Waals surface area contributed by atoms with Crippen molar-refractivity contribution in [2.45, 2.75) is 189 Å². The number of hydrogen-bond acceptors (Lipinski definition) is 9. The van der Waals surface area contributed by atoms with Gasteiger partial charge in [-0.2, -0.15) is 0 Å². The molecule has 336 valence electrons. The molecule has 1 saturated heterocycles. The molecule has 3 N–H and O–H groups in total. The molecule has 1 aliphatic carbocycles. The average Bonchev–Trinajstić information content (AvgIpc) is 4.02. The fraction of sp³-hybridized carbons (Fsp3) is 0.604. The Kier molecular flexibility index (Phi) is 17.0. The van der Waals surface area contributed by atoms with E-state index in [-0.39, 0.29) is 36.4 Å². The lowest BCUT2D eigenvalue weighted by Gasteiger charge is -2.18. The van der Waals surface area contributed by atoms with Crippen LogP contribution in [0.1, 0.15) is 183 Å². The fourth-order valence-electron chi connectivity index (χ4n) is 10.3. The zero-order chi connectivity index (χ0) is 44.3. The molecular formula is C53H74N4O5. The normalized spacial score (nSPS) is 22.0. The molecule has 5 aliphatic heterocycles. The number of aliphatic hydroxyl groups excluding tert-OH is 2. The molecule has 6 rings (SSSR count). The van der Waals surface area contributed by atoms with E-state index in [9.17, 15) is 19.8 Å². The van der Waals surface area contributed by atoms with Gasteiger partial charge in [-0.05, 0) is 81.4 Å². The lowest BCUT2D eigenvalue weighted by atomic mass is 9.85. The minimum Gasteiger partial charge on any atom is -0.515 e. The van der Waals surface area contributed by atoms with E-state index in [4.69, 9.17) is 19.7 Å². The summed E-state index contributed by atoms with van der Waals surface area (Å²) in [5.41, 5.74) is 12.3. The second-order valence-electron chi connectivity index (χ2n) is 18.5. The molecular weight excluding hydrogens is 773 g/mol. The van der Waals surface area contributed by atoms with Crippen molar-refractivity contribution in [3.05, 3.63) is 91.5 Å². The van der Waals surface area contributed by atoms with Crippen LogP contribution >= 0.6 is 0 Å². The predicted molar refractivity (Wildman–Crippen MR) is 253 cm³/mol. The van der Waals surface area contributed by atoms with Crippen molar-refractivity contribution in [1.29, 1.82) is 0 Å². The van der Waals surface area contributed by atoms with E-state index in [0.29, 0.717) is 59.1 Å². The van der Waals surface area contributed by atoms with Crippen molar-refractivity contribution in [2.24, 2.45) is 26.8 Å². The van der Waals surface area contributed by atoms with Crippen LogP contribution in [0.3, 0.4) is 0 Å². The molecule has 62 heavy (non-hydrogen) atoms. The molecule has 9 nitrogen and oxygen atoms in total. The van der Waals surface area contributed by atoms with Crippen LogP contribution in [0.4, 0.5) is 0 Å². The maximum Gasteiger partial charge on any atom is 0.305 e. The highest BCUT2D eigenvalue weighted by Gasteiger charge is 2.44. The molecule has 1 saturated carbocycles. The number of aliphatic imine (C=N–C) groups is 3. The maximum atomic E-state index is 13.8. The van der Waals surface area contributed by atoms with Crippen molar-refractivity contribution in [3.8, 4) is 0 Å². The molecule has 0 aromatic carbocycles. The summed E-state index contributed by atoms with van der Waals surface area (Å²) in [5.74, 6) is -0.244. The summed E-state index contributed by atoms with van der Waals surface area (Å²) in [5, 5.41) is 25.4. The molecule has 9 heteroatoms. The van der Waals surface area contributed by atoms with Gasteiger partial charge in [0, 0.05) is 58.4 Å². The van der Waals surface area contributed by atoms with Gasteiger partial charge in [0.2, 0.25) is 0 Å². The molecule has 0 spiro atoms. The molecule has 0 amide bonds. The minimum absolute atomic E-state index is 0.0212. The van der Waals surface area contributed by atoms with E-state index >= 15 is 0 Å². The number of allylic oxidation sites excluding steroid dienone is 11. The van der Waals surface area contributed by atoms with Crippen LogP contribution < -0.4 is 5.32 Å². The highest BCUT2D eigenvalue weighted by atomic mass is 16.5. The molecule has 0 aromatic rings. The first-order valence-electron chi connectivity index (χ1n) is 24.3. The zero-order valence-corrected chi connectivity index (χ0v) is 39.0. The van der Waals surface area contributed by atoms with Gasteiger partial charge < -0.3 is 20.3 Å². The van der Waals surface area contributed by atoms with Gasteiger partial charge in [0.15, 0.2) is 5.78 Å². The van der Waals surface area contributed by atoms with Gasteiger partial charge in [0.1, 0.15) is 0 Å². The van der Waals surface area contributed by atoms with Crippen LogP contribution in [0.25, 0.3) is 0 Å². The van der Waals surface area contributed by atoms with Crippen molar-refractivity contribution >= 4 is 28.9 Å². The lowest BCUT2D eigenvalue weighted by molar-refractivity contribution is -0.144. The monoisotopic (exact) mass is 847 g/mol. The number of carbonyl (C=O) groups is 2. The Balaban J connectivity index is 1.13. The van der Waals surface area contributed by atoms with Crippen LogP contribution in [-0.4, -0.2) is 51.8 Å². The number of fused-ring (bicyclic) bond motifs is 5. The second-order valence-corrected chi connectivity index (χ2v) is 18.5. The maximum absolute atomic E-state index is 13.8. The van der Waals surface area contributed by atoms with Crippen LogP contribution in [0, 0.1) is 11.8 Å². The van der Waals surface area contributed by atoms with Gasteiger partial charge in [-0.3, -0.25) is 9.59 Å². The number of ketones is 1. The van der Waals surface area contributed by atoms with Crippen LogP contribution in [0.5, 0.6) is 0 Å². The Bertz CT molecular complexity index is 2090. The van der Waals surface area contributed by atoms with E-state index in [2.05, 4.69) is 33.0 Å². The lowest BCUT2D eigenvalue weighted by Crippen LogP contribution is -2.16. The standard InChI is InChI=1S/C53H74N4O5/c1-8-10-11-12-13-14-15-16-17-18-19-20-21-22-23-24-28-62-47(61)27-26-38-33(3)50-36(6)51-35(5)48(37(7)59)45(56-51)31-44-41(32-58)39(25-9-2)43(54-44)30-42-34(4)49-46(60)29-40(52(38)57-50)53(49)55-42/h30-33,37-38,57-59H,8-29H2,1-7H3/b41-32+,42-30?,45-31?,50-36?,52-40?/t33-,37?,38-/m0/s1. The van der Waals surface area contributed by atoms with Gasteiger partial charge in [-0.15, -0.1) is 0 Å². The number of esters is 1. The molecule has 2 fully saturated rings. The van der Waals surface area contributed by atoms with Gasteiger partial charge in [0.05, 0.1) is 53.2 Å². The fourth-order valence-corrected chi connectivity index (χ4v) is 10.3. The van der Waals surface area contributed by atoms with E-state index in [1.165, 1.54) is 89.9 Å². The van der Waals surface area contributed by atoms with Gasteiger partial charge in [-0.1, -0.05) is 124 Å². The Morgan fingerprint density at radius 3 is 2.02 bits per heavy atom. The Labute approximate surface area is 371 Å². The summed E-state index contributed by atoms with van der Waals surface area (Å²) >= 11 is 0. The van der Waals surface area contributed by atoms with E-state index < -0.39 is 6.10 Å². The van der Waals surface area contributed by atoms with Crippen molar-refractivity contribution in [3.63, 3.8) is 0 Å². The highest BCUT2D eigenvalue weighted by Crippen LogP contribution is 2.46. The third-order valence-electron chi connectivity index (χ3n) is 13.8. The number of carbonyl (C=O) groups excluding carboxylic acids is 2. The summed E-state index contributed by atoms with van der Waals surface area (Å²) in [6, 6.07) is 0. The number of unbranched alkanes of at least 4 members (excludes halogenated alkanes) is 15. The summed E-state index contributed by atoms with van der Waals surface area (Å²) in [6.45, 7) is 14.7. The number of aliphatic hydroxyl groups is 2. The number of nitrogens with zero attached hydrogens (tertiary/aromatic N) is 3. The van der Waals surface area contributed by atoms with Crippen molar-refractivity contribution in [2.75, 3.05) is 6.61 Å². The van der Waals surface area contributed by atoms with E-state index in [0.717, 1.165) is 76.1 Å². The average molecular weight is 847 g/mol. The SMILES string of the molecule is CCCCCCCCCCCCCCCCCCOC(=O)CC[C@@H]1C2=C3CC(=O)C4=C(C)C(=CC5=C(CCC)/C(=C\O)C(=N5)C=C5N=C(C(C)=C5C(C)O)C(C)=C(N2)[C@H]1C)N=C34. The third-order valence-corrected chi connectivity index (χ3v) is 13.8. The quantitative estimate of drug-likeness (QED) is 0.0533. The van der Waals surface area contributed by atoms with E-state index in [1.807, 2.05) is 26.0 Å². The second kappa shape index (κ2) is 22.3. The molecule has 0 radical (unpaired) electrons. The molecule has 0 aromatic heterocycles. The largest absolute Gasteiger partial charge is 0.515 e. The summed E-state index contributed by atoms with van der Waals surface area (Å²) in [6.07, 6.45) is 27.6. The van der Waals surface area contributed by atoms with Crippen molar-refractivity contribution < 1.29 is 24.5 Å². The number of nitrogens with one attached hydrogen (secondary N) is 1. The number of ether oxygens (including phenoxy) is 1. The highest BCUT2D eigenvalue weighted by molar-refractivity contribution is 6.38. The Hall–Kier alpha value is -4.37. The smallest absolute Gasteiger partial charge is 0.305 e. The minimum atomic E-state index is -0.790. The van der Waals surface area contributed by atoms with Crippen LogP contribution in [0.2, 0.25) is 0 Å². The first-order chi connectivity index (χ1) is 30.0. The molecule has 1 unspecified atom stereocenters. The molecule has 8 bridgehead atoms. The summed E-state index contributed by atoms with van der Waals surface area (Å²) < 4.78 is 5.79. The van der Waals surface area contributed by atoms with Crippen LogP contribution in [0.15, 0.2) is 106 Å². The number of hydrogen-bond donors (Lipinski definition) is 3. The zero-order valence-electron chi connectivity index (χ0n) is 39.0. The Morgan fingerprint density at radius 2 is 1.42 bits per heavy atom. The molecule has 6 aliphatic rings. The number of rotatable bonds is 23. The topological polar surface area (TPSA) is 133 Å². The predicted octanol–water partition coefficient (Wildman–Crippen LogP) is 12.6. The van der Waals surface area contributed by atoms with Gasteiger partial charge >= 0.3 is 5.97 Å². The summed E-state index contributed by atoms with van der Waals surface area (Å²) in [4.78, 5) is 42.4. The van der Waals surface area contributed by atoms with Crippen molar-refractivity contribution in [1.82, 2.24) is 5.32 Å². The third kappa shape index (κ3) is 10.7. The molecule has 3 atom stereocenters. The first kappa shape index (κ1) is 47.1. The van der Waals surface area contributed by atoms with Crippen LogP contribution in [-0.2, 0) is 14.3 Å².